The molecule has 0 aromatic rings. The van der Waals surface area contributed by atoms with Gasteiger partial charge < -0.3 is 10.6 Å². The van der Waals surface area contributed by atoms with Gasteiger partial charge in [0.1, 0.15) is 0 Å². The lowest BCUT2D eigenvalue weighted by molar-refractivity contribution is -0.127. The first-order chi connectivity index (χ1) is 9.33. The number of nitrogens with one attached hydrogen (secondary N) is 2. The van der Waals surface area contributed by atoms with Crippen molar-refractivity contribution in [1.82, 2.24) is 10.6 Å². The molecule has 0 aromatic heterocycles. The fourth-order valence-electron chi connectivity index (χ4n) is 4.41. The lowest BCUT2D eigenvalue weighted by Gasteiger charge is -2.38. The molecule has 0 spiro atoms. The molecular formula is C16H28N2O. The summed E-state index contributed by atoms with van der Waals surface area (Å²) >= 11 is 0. The quantitative estimate of drug-likeness (QED) is 0.822. The standard InChI is InChI=1S/C16H28N2O/c19-16(18-11-15-6-3-9-17-15)14-8-7-12-4-1-2-5-13(12)10-14/h12-15,17H,1-11H2,(H,18,19). The van der Waals surface area contributed by atoms with E-state index in [0.29, 0.717) is 17.9 Å². The third kappa shape index (κ3) is 3.31. The highest BCUT2D eigenvalue weighted by Crippen LogP contribution is 2.42. The number of carbonyl (C=O) groups is 1. The van der Waals surface area contributed by atoms with Crippen molar-refractivity contribution in [1.29, 1.82) is 0 Å². The molecule has 1 aliphatic heterocycles. The number of fused-ring (bicyclic) bond motifs is 1. The Kier molecular flexibility index (Phi) is 4.42. The van der Waals surface area contributed by atoms with E-state index >= 15 is 0 Å². The zero-order valence-corrected chi connectivity index (χ0v) is 12.0. The molecule has 0 bridgehead atoms. The third-order valence-corrected chi connectivity index (χ3v) is 5.60. The number of hydrogen-bond acceptors (Lipinski definition) is 2. The van der Waals surface area contributed by atoms with Crippen molar-refractivity contribution in [2.45, 2.75) is 63.8 Å². The van der Waals surface area contributed by atoms with E-state index < -0.39 is 0 Å². The molecule has 4 atom stereocenters. The molecule has 3 rings (SSSR count). The van der Waals surface area contributed by atoms with Gasteiger partial charge in [-0.15, -0.1) is 0 Å². The normalized spacial score (nSPS) is 38.7. The van der Waals surface area contributed by atoms with Crippen LogP contribution < -0.4 is 10.6 Å². The van der Waals surface area contributed by atoms with E-state index in [1.807, 2.05) is 0 Å². The summed E-state index contributed by atoms with van der Waals surface area (Å²) < 4.78 is 0. The highest BCUT2D eigenvalue weighted by Gasteiger charge is 2.35. The Morgan fingerprint density at radius 3 is 2.63 bits per heavy atom. The van der Waals surface area contributed by atoms with Crippen molar-refractivity contribution < 1.29 is 4.79 Å². The van der Waals surface area contributed by atoms with Gasteiger partial charge in [0.15, 0.2) is 0 Å². The van der Waals surface area contributed by atoms with Gasteiger partial charge in [0.25, 0.3) is 0 Å². The predicted octanol–water partition coefficient (Wildman–Crippen LogP) is 2.46. The van der Waals surface area contributed by atoms with Gasteiger partial charge in [-0.2, -0.15) is 0 Å². The summed E-state index contributed by atoms with van der Waals surface area (Å²) in [6.45, 7) is 1.96. The maximum Gasteiger partial charge on any atom is 0.223 e. The van der Waals surface area contributed by atoms with E-state index in [1.54, 1.807) is 0 Å². The van der Waals surface area contributed by atoms with E-state index in [2.05, 4.69) is 10.6 Å². The molecule has 4 unspecified atom stereocenters. The number of hydrogen-bond donors (Lipinski definition) is 2. The maximum atomic E-state index is 12.3. The second kappa shape index (κ2) is 6.25. The second-order valence-electron chi connectivity index (χ2n) is 6.85. The molecule has 2 aliphatic carbocycles. The molecule has 2 saturated carbocycles. The van der Waals surface area contributed by atoms with Crippen LogP contribution in [-0.2, 0) is 4.79 Å². The van der Waals surface area contributed by atoms with Crippen LogP contribution in [0.2, 0.25) is 0 Å². The molecule has 2 N–H and O–H groups in total. The summed E-state index contributed by atoms with van der Waals surface area (Å²) in [5.41, 5.74) is 0. The van der Waals surface area contributed by atoms with E-state index in [4.69, 9.17) is 0 Å². The first kappa shape index (κ1) is 13.4. The second-order valence-corrected chi connectivity index (χ2v) is 6.85. The summed E-state index contributed by atoms with van der Waals surface area (Å²) in [4.78, 5) is 12.3. The summed E-state index contributed by atoms with van der Waals surface area (Å²) in [6.07, 6.45) is 11.7. The van der Waals surface area contributed by atoms with Gasteiger partial charge in [0, 0.05) is 18.5 Å². The molecule has 108 valence electrons. The average molecular weight is 264 g/mol. The fourth-order valence-corrected chi connectivity index (χ4v) is 4.41. The Labute approximate surface area is 116 Å². The lowest BCUT2D eigenvalue weighted by atomic mass is 9.67. The number of amides is 1. The maximum absolute atomic E-state index is 12.3. The van der Waals surface area contributed by atoms with Crippen LogP contribution in [0.4, 0.5) is 0 Å². The summed E-state index contributed by atoms with van der Waals surface area (Å²) in [7, 11) is 0. The van der Waals surface area contributed by atoms with Gasteiger partial charge in [-0.3, -0.25) is 4.79 Å². The van der Waals surface area contributed by atoms with Crippen LogP contribution in [0.3, 0.4) is 0 Å². The third-order valence-electron chi connectivity index (χ3n) is 5.60. The van der Waals surface area contributed by atoms with Crippen molar-refractivity contribution in [3.05, 3.63) is 0 Å². The minimum Gasteiger partial charge on any atom is -0.354 e. The van der Waals surface area contributed by atoms with Crippen LogP contribution in [0, 0.1) is 17.8 Å². The van der Waals surface area contributed by atoms with Crippen molar-refractivity contribution in [3.8, 4) is 0 Å². The fraction of sp³-hybridized carbons (Fsp3) is 0.938. The van der Waals surface area contributed by atoms with E-state index in [0.717, 1.165) is 37.8 Å². The van der Waals surface area contributed by atoms with Gasteiger partial charge in [-0.05, 0) is 50.5 Å². The molecule has 1 saturated heterocycles. The molecule has 1 heterocycles. The molecule has 3 aliphatic rings. The first-order valence-electron chi connectivity index (χ1n) is 8.34. The predicted molar refractivity (Wildman–Crippen MR) is 76.8 cm³/mol. The van der Waals surface area contributed by atoms with Crippen LogP contribution in [0.5, 0.6) is 0 Å². The summed E-state index contributed by atoms with van der Waals surface area (Å²) in [5.74, 6) is 2.43. The number of rotatable bonds is 3. The first-order valence-corrected chi connectivity index (χ1v) is 8.34. The van der Waals surface area contributed by atoms with Gasteiger partial charge in [0.2, 0.25) is 5.91 Å². The Balaban J connectivity index is 1.44. The topological polar surface area (TPSA) is 41.1 Å². The van der Waals surface area contributed by atoms with Crippen molar-refractivity contribution in [2.75, 3.05) is 13.1 Å². The Morgan fingerprint density at radius 2 is 1.84 bits per heavy atom. The highest BCUT2D eigenvalue weighted by atomic mass is 16.1. The van der Waals surface area contributed by atoms with Crippen molar-refractivity contribution in [3.63, 3.8) is 0 Å². The SMILES string of the molecule is O=C(NCC1CCCN1)C1CCC2CCCCC2C1. The average Bonchev–Trinajstić information content (AvgIpc) is 2.97. The summed E-state index contributed by atoms with van der Waals surface area (Å²) in [6, 6.07) is 0.523. The molecule has 0 aromatic carbocycles. The van der Waals surface area contributed by atoms with E-state index in [1.165, 1.54) is 44.9 Å². The smallest absolute Gasteiger partial charge is 0.223 e. The zero-order valence-electron chi connectivity index (χ0n) is 12.0. The molecule has 3 nitrogen and oxygen atoms in total. The largest absolute Gasteiger partial charge is 0.354 e. The highest BCUT2D eigenvalue weighted by molar-refractivity contribution is 5.78. The monoisotopic (exact) mass is 264 g/mol. The Bertz CT molecular complexity index is 312. The molecule has 3 heteroatoms. The van der Waals surface area contributed by atoms with Crippen LogP contribution in [0.15, 0.2) is 0 Å². The van der Waals surface area contributed by atoms with Crippen LogP contribution in [-0.4, -0.2) is 25.0 Å². The van der Waals surface area contributed by atoms with E-state index in [9.17, 15) is 4.79 Å². The van der Waals surface area contributed by atoms with Crippen molar-refractivity contribution in [2.24, 2.45) is 17.8 Å². The number of carbonyl (C=O) groups excluding carboxylic acids is 1. The minimum atomic E-state index is 0.306. The van der Waals surface area contributed by atoms with E-state index in [-0.39, 0.29) is 0 Å². The molecule has 0 radical (unpaired) electrons. The van der Waals surface area contributed by atoms with Crippen LogP contribution in [0.25, 0.3) is 0 Å². The van der Waals surface area contributed by atoms with Gasteiger partial charge in [-0.1, -0.05) is 25.7 Å². The Morgan fingerprint density at radius 1 is 1.00 bits per heavy atom. The molecule has 3 fully saturated rings. The summed E-state index contributed by atoms with van der Waals surface area (Å²) in [5, 5.41) is 6.63. The molecular weight excluding hydrogens is 236 g/mol. The van der Waals surface area contributed by atoms with Crippen LogP contribution in [0.1, 0.15) is 57.8 Å². The Hall–Kier alpha value is -0.570. The van der Waals surface area contributed by atoms with Gasteiger partial charge >= 0.3 is 0 Å². The van der Waals surface area contributed by atoms with Crippen molar-refractivity contribution >= 4 is 5.91 Å². The molecule has 19 heavy (non-hydrogen) atoms. The van der Waals surface area contributed by atoms with Crippen LogP contribution >= 0.6 is 0 Å². The lowest BCUT2D eigenvalue weighted by Crippen LogP contribution is -2.42. The zero-order chi connectivity index (χ0) is 13.1. The minimum absolute atomic E-state index is 0.306. The molecule has 1 amide bonds. The van der Waals surface area contributed by atoms with Gasteiger partial charge in [-0.25, -0.2) is 0 Å². The van der Waals surface area contributed by atoms with Gasteiger partial charge in [0.05, 0.1) is 0 Å².